The molecule has 0 radical (unpaired) electrons. The van der Waals surface area contributed by atoms with Crippen LogP contribution in [0.3, 0.4) is 0 Å². The fourth-order valence-corrected chi connectivity index (χ4v) is 2.65. The van der Waals surface area contributed by atoms with Crippen molar-refractivity contribution in [1.82, 2.24) is 0 Å². The van der Waals surface area contributed by atoms with E-state index in [1.807, 2.05) is 18.2 Å². The first-order valence-corrected chi connectivity index (χ1v) is 8.92. The second-order valence-electron chi connectivity index (χ2n) is 6.09. The summed E-state index contributed by atoms with van der Waals surface area (Å²) in [7, 11) is 3.03. The van der Waals surface area contributed by atoms with Crippen molar-refractivity contribution in [2.45, 2.75) is 0 Å². The summed E-state index contributed by atoms with van der Waals surface area (Å²) in [6.45, 7) is 0. The van der Waals surface area contributed by atoms with Gasteiger partial charge in [-0.05, 0) is 42.0 Å². The van der Waals surface area contributed by atoms with Crippen LogP contribution < -0.4 is 14.2 Å². The molecular weight excluding hydrogens is 368 g/mol. The third-order valence-electron chi connectivity index (χ3n) is 4.20. The van der Waals surface area contributed by atoms with E-state index in [0.29, 0.717) is 28.4 Å². The molecule has 0 bridgehead atoms. The number of allylic oxidation sites excluding steroid dienone is 1. The zero-order chi connectivity index (χ0) is 20.6. The van der Waals surface area contributed by atoms with E-state index >= 15 is 0 Å². The maximum atomic E-state index is 12.4. The number of rotatable bonds is 7. The Morgan fingerprint density at radius 3 is 2.10 bits per heavy atom. The minimum atomic E-state index is -0.506. The van der Waals surface area contributed by atoms with Crippen LogP contribution >= 0.6 is 0 Å². The number of carbonyl (C=O) groups excluding carboxylic acids is 2. The first-order chi connectivity index (χ1) is 14.1. The highest BCUT2D eigenvalue weighted by molar-refractivity contribution is 6.06. The molecule has 146 valence electrons. The molecule has 0 atom stereocenters. The first-order valence-electron chi connectivity index (χ1n) is 8.92. The van der Waals surface area contributed by atoms with Crippen LogP contribution in [0.2, 0.25) is 0 Å². The van der Waals surface area contributed by atoms with Gasteiger partial charge in [-0.15, -0.1) is 0 Å². The van der Waals surface area contributed by atoms with Crippen LogP contribution in [0.1, 0.15) is 26.3 Å². The van der Waals surface area contributed by atoms with E-state index in [4.69, 9.17) is 14.2 Å². The number of hydrogen-bond acceptors (Lipinski definition) is 5. The molecule has 0 aromatic heterocycles. The van der Waals surface area contributed by atoms with E-state index in [-0.39, 0.29) is 5.78 Å². The zero-order valence-electron chi connectivity index (χ0n) is 16.1. The Kier molecular flexibility index (Phi) is 6.43. The monoisotopic (exact) mass is 388 g/mol. The molecular formula is C24H20O5. The molecule has 0 fully saturated rings. The number of ether oxygens (including phenoxy) is 3. The molecule has 0 N–H and O–H groups in total. The van der Waals surface area contributed by atoms with Gasteiger partial charge in [0.1, 0.15) is 5.75 Å². The minimum absolute atomic E-state index is 0.0745. The van der Waals surface area contributed by atoms with Crippen LogP contribution in [0.5, 0.6) is 17.2 Å². The quantitative estimate of drug-likeness (QED) is 0.251. The maximum absolute atomic E-state index is 12.4. The SMILES string of the molecule is COc1ccc(C(=O)Oc2ccc(/C=C/C(=O)c3ccccc3)cc2)cc1OC. The largest absolute Gasteiger partial charge is 0.493 e. The van der Waals surface area contributed by atoms with Crippen molar-refractivity contribution in [3.8, 4) is 17.2 Å². The van der Waals surface area contributed by atoms with Crippen LogP contribution in [-0.4, -0.2) is 26.0 Å². The van der Waals surface area contributed by atoms with Crippen molar-refractivity contribution in [3.05, 3.63) is 95.6 Å². The predicted molar refractivity (Wildman–Crippen MR) is 111 cm³/mol. The minimum Gasteiger partial charge on any atom is -0.493 e. The van der Waals surface area contributed by atoms with Gasteiger partial charge in [0.2, 0.25) is 0 Å². The topological polar surface area (TPSA) is 61.8 Å². The van der Waals surface area contributed by atoms with Gasteiger partial charge >= 0.3 is 5.97 Å². The van der Waals surface area contributed by atoms with E-state index in [9.17, 15) is 9.59 Å². The van der Waals surface area contributed by atoms with Gasteiger partial charge in [-0.3, -0.25) is 4.79 Å². The van der Waals surface area contributed by atoms with Crippen molar-refractivity contribution >= 4 is 17.8 Å². The normalized spacial score (nSPS) is 10.6. The fourth-order valence-electron chi connectivity index (χ4n) is 2.65. The van der Waals surface area contributed by atoms with E-state index in [1.165, 1.54) is 20.3 Å². The molecule has 0 aliphatic heterocycles. The molecule has 5 nitrogen and oxygen atoms in total. The van der Waals surface area contributed by atoms with E-state index in [2.05, 4.69) is 0 Å². The number of hydrogen-bond donors (Lipinski definition) is 0. The fraction of sp³-hybridized carbons (Fsp3) is 0.0833. The molecule has 0 saturated heterocycles. The Morgan fingerprint density at radius 2 is 1.45 bits per heavy atom. The highest BCUT2D eigenvalue weighted by Crippen LogP contribution is 2.28. The Hall–Kier alpha value is -3.86. The molecule has 3 rings (SSSR count). The molecule has 5 heteroatoms. The standard InChI is InChI=1S/C24H20O5/c1-27-22-15-11-19(16-23(22)28-2)24(26)29-20-12-8-17(9-13-20)10-14-21(25)18-6-4-3-5-7-18/h3-16H,1-2H3/b14-10+. The van der Waals surface area contributed by atoms with Crippen LogP contribution in [0.25, 0.3) is 6.08 Å². The molecule has 0 spiro atoms. The lowest BCUT2D eigenvalue weighted by Gasteiger charge is -2.09. The lowest BCUT2D eigenvalue weighted by Crippen LogP contribution is -2.08. The third kappa shape index (κ3) is 5.11. The second kappa shape index (κ2) is 9.37. The number of benzene rings is 3. The van der Waals surface area contributed by atoms with Crippen molar-refractivity contribution in [2.24, 2.45) is 0 Å². The lowest BCUT2D eigenvalue weighted by atomic mass is 10.1. The predicted octanol–water partition coefficient (Wildman–Crippen LogP) is 4.82. The highest BCUT2D eigenvalue weighted by atomic mass is 16.5. The number of esters is 1. The first kappa shape index (κ1) is 19.9. The smallest absolute Gasteiger partial charge is 0.343 e. The Bertz CT molecular complexity index is 1020. The van der Waals surface area contributed by atoms with Crippen molar-refractivity contribution < 1.29 is 23.8 Å². The number of carbonyl (C=O) groups is 2. The van der Waals surface area contributed by atoms with Gasteiger partial charge < -0.3 is 14.2 Å². The van der Waals surface area contributed by atoms with E-state index in [0.717, 1.165) is 5.56 Å². The molecule has 0 saturated carbocycles. The van der Waals surface area contributed by atoms with Crippen LogP contribution in [0, 0.1) is 0 Å². The Labute approximate surface area is 169 Å². The summed E-state index contributed by atoms with van der Waals surface area (Å²) in [5.41, 5.74) is 1.80. The summed E-state index contributed by atoms with van der Waals surface area (Å²) in [5, 5.41) is 0. The molecule has 0 aliphatic carbocycles. The summed E-state index contributed by atoms with van der Waals surface area (Å²) in [4.78, 5) is 24.5. The highest BCUT2D eigenvalue weighted by Gasteiger charge is 2.12. The van der Waals surface area contributed by atoms with Gasteiger partial charge in [-0.1, -0.05) is 48.5 Å². The molecule has 3 aromatic carbocycles. The van der Waals surface area contributed by atoms with Crippen LogP contribution in [0.15, 0.2) is 78.9 Å². The molecule has 0 amide bonds. The van der Waals surface area contributed by atoms with Gasteiger partial charge in [0.05, 0.1) is 19.8 Å². The summed E-state index contributed by atoms with van der Waals surface area (Å²) in [6, 6.07) is 20.7. The van der Waals surface area contributed by atoms with Crippen LogP contribution in [0.4, 0.5) is 0 Å². The summed E-state index contributed by atoms with van der Waals surface area (Å²) >= 11 is 0. The van der Waals surface area contributed by atoms with Gasteiger partial charge in [0.15, 0.2) is 17.3 Å². The van der Waals surface area contributed by atoms with E-state index in [1.54, 1.807) is 60.7 Å². The Morgan fingerprint density at radius 1 is 0.759 bits per heavy atom. The van der Waals surface area contributed by atoms with Crippen molar-refractivity contribution in [1.29, 1.82) is 0 Å². The molecule has 0 aliphatic rings. The average Bonchev–Trinajstić information content (AvgIpc) is 2.78. The third-order valence-corrected chi connectivity index (χ3v) is 4.20. The molecule has 0 unspecified atom stereocenters. The van der Waals surface area contributed by atoms with Crippen molar-refractivity contribution in [3.63, 3.8) is 0 Å². The second-order valence-corrected chi connectivity index (χ2v) is 6.09. The van der Waals surface area contributed by atoms with Gasteiger partial charge in [-0.2, -0.15) is 0 Å². The lowest BCUT2D eigenvalue weighted by molar-refractivity contribution is 0.0734. The van der Waals surface area contributed by atoms with Gasteiger partial charge in [0, 0.05) is 5.56 Å². The summed E-state index contributed by atoms with van der Waals surface area (Å²) in [5.74, 6) is 0.801. The van der Waals surface area contributed by atoms with Gasteiger partial charge in [-0.25, -0.2) is 4.79 Å². The number of ketones is 1. The average molecular weight is 388 g/mol. The summed E-state index contributed by atoms with van der Waals surface area (Å²) < 4.78 is 15.8. The molecule has 29 heavy (non-hydrogen) atoms. The molecule has 3 aromatic rings. The number of methoxy groups -OCH3 is 2. The van der Waals surface area contributed by atoms with Crippen LogP contribution in [-0.2, 0) is 0 Å². The van der Waals surface area contributed by atoms with Gasteiger partial charge in [0.25, 0.3) is 0 Å². The zero-order valence-corrected chi connectivity index (χ0v) is 16.1. The Balaban J connectivity index is 1.65. The summed E-state index contributed by atoms with van der Waals surface area (Å²) in [6.07, 6.45) is 3.23. The molecule has 0 heterocycles. The maximum Gasteiger partial charge on any atom is 0.343 e. The van der Waals surface area contributed by atoms with Crippen molar-refractivity contribution in [2.75, 3.05) is 14.2 Å². The van der Waals surface area contributed by atoms with E-state index < -0.39 is 5.97 Å².